The van der Waals surface area contributed by atoms with E-state index in [1.165, 1.54) is 12.8 Å². The van der Waals surface area contributed by atoms with E-state index in [0.29, 0.717) is 5.75 Å². The maximum atomic E-state index is 13.1. The highest BCUT2D eigenvalue weighted by Crippen LogP contribution is 2.34. The standard InChI is InChI=1S/C24H32O3S/c1-6-7-8-17-28-23(24(2,3)4)22(25)18-9-11-20(12-10-18)27-21-15-13-19(26-5)14-16-21/h9-16,23H,6-8,17H2,1-5H3. The van der Waals surface area contributed by atoms with E-state index in [4.69, 9.17) is 9.47 Å². The summed E-state index contributed by atoms with van der Waals surface area (Å²) >= 11 is 1.79. The zero-order valence-corrected chi connectivity index (χ0v) is 18.5. The van der Waals surface area contributed by atoms with Crippen molar-refractivity contribution in [3.05, 3.63) is 54.1 Å². The second-order valence-corrected chi connectivity index (χ2v) is 9.20. The Morgan fingerprint density at radius 1 is 0.929 bits per heavy atom. The Morgan fingerprint density at radius 2 is 1.46 bits per heavy atom. The first-order valence-electron chi connectivity index (χ1n) is 9.93. The van der Waals surface area contributed by atoms with Crippen molar-refractivity contribution < 1.29 is 14.3 Å². The van der Waals surface area contributed by atoms with Crippen LogP contribution in [0.3, 0.4) is 0 Å². The molecule has 3 nitrogen and oxygen atoms in total. The van der Waals surface area contributed by atoms with Crippen molar-refractivity contribution in [2.45, 2.75) is 52.2 Å². The molecule has 1 atom stereocenters. The van der Waals surface area contributed by atoms with Crippen molar-refractivity contribution in [2.24, 2.45) is 5.41 Å². The van der Waals surface area contributed by atoms with Gasteiger partial charge in [0.2, 0.25) is 0 Å². The highest BCUT2D eigenvalue weighted by atomic mass is 32.2. The zero-order valence-electron chi connectivity index (χ0n) is 17.7. The molecular formula is C24H32O3S. The van der Waals surface area contributed by atoms with Crippen molar-refractivity contribution in [2.75, 3.05) is 12.9 Å². The molecule has 2 aromatic rings. The number of hydrogen-bond acceptors (Lipinski definition) is 4. The lowest BCUT2D eigenvalue weighted by atomic mass is 9.87. The van der Waals surface area contributed by atoms with Gasteiger partial charge in [-0.15, -0.1) is 11.8 Å². The quantitative estimate of drug-likeness (QED) is 0.317. The molecule has 0 saturated carbocycles. The highest BCUT2D eigenvalue weighted by Gasteiger charge is 2.32. The summed E-state index contributed by atoms with van der Waals surface area (Å²) in [5, 5.41) is -0.0438. The van der Waals surface area contributed by atoms with Crippen molar-refractivity contribution >= 4 is 17.5 Å². The van der Waals surface area contributed by atoms with Crippen LogP contribution in [0.25, 0.3) is 0 Å². The van der Waals surface area contributed by atoms with Gasteiger partial charge in [0.05, 0.1) is 12.4 Å². The summed E-state index contributed by atoms with van der Waals surface area (Å²) in [6.45, 7) is 8.63. The summed E-state index contributed by atoms with van der Waals surface area (Å²) in [4.78, 5) is 13.1. The van der Waals surface area contributed by atoms with Crippen LogP contribution in [0.4, 0.5) is 0 Å². The molecule has 0 radical (unpaired) electrons. The first-order chi connectivity index (χ1) is 13.3. The molecule has 4 heteroatoms. The fourth-order valence-electron chi connectivity index (χ4n) is 2.89. The van der Waals surface area contributed by atoms with E-state index in [2.05, 4.69) is 27.7 Å². The molecule has 28 heavy (non-hydrogen) atoms. The molecule has 0 aromatic heterocycles. The van der Waals surface area contributed by atoms with Gasteiger partial charge in [0, 0.05) is 5.56 Å². The zero-order chi connectivity index (χ0) is 20.6. The monoisotopic (exact) mass is 400 g/mol. The number of unbranched alkanes of at least 4 members (excludes halogenated alkanes) is 2. The van der Waals surface area contributed by atoms with Gasteiger partial charge in [-0.05, 0) is 66.1 Å². The van der Waals surface area contributed by atoms with Crippen LogP contribution in [-0.4, -0.2) is 23.9 Å². The number of ketones is 1. The van der Waals surface area contributed by atoms with Gasteiger partial charge in [-0.1, -0.05) is 40.5 Å². The third-order valence-electron chi connectivity index (χ3n) is 4.49. The number of ether oxygens (including phenoxy) is 2. The maximum absolute atomic E-state index is 13.1. The maximum Gasteiger partial charge on any atom is 0.176 e. The molecule has 0 fully saturated rings. The van der Waals surface area contributed by atoms with Gasteiger partial charge >= 0.3 is 0 Å². The summed E-state index contributed by atoms with van der Waals surface area (Å²) in [6, 6.07) is 14.9. The molecule has 0 bridgehead atoms. The average Bonchev–Trinajstić information content (AvgIpc) is 2.68. The van der Waals surface area contributed by atoms with Gasteiger partial charge in [-0.25, -0.2) is 0 Å². The summed E-state index contributed by atoms with van der Waals surface area (Å²) in [5.74, 6) is 3.46. The lowest BCUT2D eigenvalue weighted by Gasteiger charge is -2.29. The van der Waals surface area contributed by atoms with Crippen LogP contribution in [0, 0.1) is 5.41 Å². The molecule has 0 N–H and O–H groups in total. The van der Waals surface area contributed by atoms with Crippen LogP contribution in [0.5, 0.6) is 17.2 Å². The molecule has 0 amide bonds. The van der Waals surface area contributed by atoms with Crippen molar-refractivity contribution in [1.29, 1.82) is 0 Å². The average molecular weight is 401 g/mol. The molecule has 0 spiro atoms. The Balaban J connectivity index is 2.05. The topological polar surface area (TPSA) is 35.5 Å². The largest absolute Gasteiger partial charge is 0.497 e. The Labute approximate surface area is 173 Å². The number of hydrogen-bond donors (Lipinski definition) is 0. The molecule has 0 saturated heterocycles. The lowest BCUT2D eigenvalue weighted by Crippen LogP contribution is -2.32. The molecule has 152 valence electrons. The van der Waals surface area contributed by atoms with Crippen molar-refractivity contribution in [1.82, 2.24) is 0 Å². The fraction of sp³-hybridized carbons (Fsp3) is 0.458. The van der Waals surface area contributed by atoms with Crippen LogP contribution in [-0.2, 0) is 0 Å². The first-order valence-corrected chi connectivity index (χ1v) is 11.0. The van der Waals surface area contributed by atoms with Crippen LogP contribution >= 0.6 is 11.8 Å². The van der Waals surface area contributed by atoms with Gasteiger partial charge in [-0.2, -0.15) is 0 Å². The SMILES string of the molecule is CCCCCSC(C(=O)c1ccc(Oc2ccc(OC)cc2)cc1)C(C)(C)C. The van der Waals surface area contributed by atoms with Gasteiger partial charge in [0.25, 0.3) is 0 Å². The number of thioether (sulfide) groups is 1. The van der Waals surface area contributed by atoms with Gasteiger partial charge in [0.15, 0.2) is 5.78 Å². The van der Waals surface area contributed by atoms with Crippen molar-refractivity contribution in [3.8, 4) is 17.2 Å². The minimum atomic E-state index is -0.0772. The predicted molar refractivity (Wildman–Crippen MR) is 119 cm³/mol. The Kier molecular flexibility index (Phi) is 8.43. The second-order valence-electron chi connectivity index (χ2n) is 7.99. The number of Topliss-reactive ketones (excluding diaryl/α,β-unsaturated/α-hetero) is 1. The molecule has 2 rings (SSSR count). The molecular weight excluding hydrogens is 368 g/mol. The van der Waals surface area contributed by atoms with E-state index in [9.17, 15) is 4.79 Å². The second kappa shape index (κ2) is 10.6. The van der Waals surface area contributed by atoms with Crippen molar-refractivity contribution in [3.63, 3.8) is 0 Å². The van der Waals surface area contributed by atoms with E-state index < -0.39 is 0 Å². The molecule has 0 heterocycles. The summed E-state index contributed by atoms with van der Waals surface area (Å²) in [5.41, 5.74) is 0.664. The molecule has 2 aromatic carbocycles. The van der Waals surface area contributed by atoms with Crippen LogP contribution in [0.2, 0.25) is 0 Å². The molecule has 0 aliphatic rings. The summed E-state index contributed by atoms with van der Waals surface area (Å²) in [6.07, 6.45) is 3.58. The number of benzene rings is 2. The Morgan fingerprint density at radius 3 is 1.96 bits per heavy atom. The summed E-state index contributed by atoms with van der Waals surface area (Å²) in [7, 11) is 1.64. The van der Waals surface area contributed by atoms with Crippen LogP contribution in [0.1, 0.15) is 57.3 Å². The highest BCUT2D eigenvalue weighted by molar-refractivity contribution is 8.00. The third kappa shape index (κ3) is 6.59. The molecule has 1 unspecified atom stereocenters. The van der Waals surface area contributed by atoms with E-state index in [-0.39, 0.29) is 16.4 Å². The van der Waals surface area contributed by atoms with E-state index in [1.54, 1.807) is 18.9 Å². The van der Waals surface area contributed by atoms with Crippen LogP contribution < -0.4 is 9.47 Å². The van der Waals surface area contributed by atoms with Crippen LogP contribution in [0.15, 0.2) is 48.5 Å². The van der Waals surface area contributed by atoms with Gasteiger partial charge < -0.3 is 9.47 Å². The fourth-order valence-corrected chi connectivity index (χ4v) is 4.28. The number of carbonyl (C=O) groups is 1. The first kappa shape index (κ1) is 22.4. The summed E-state index contributed by atoms with van der Waals surface area (Å²) < 4.78 is 11.0. The van der Waals surface area contributed by atoms with Gasteiger partial charge in [-0.3, -0.25) is 4.79 Å². The Hall–Kier alpha value is -1.94. The number of carbonyl (C=O) groups excluding carboxylic acids is 1. The minimum absolute atomic E-state index is 0.0438. The third-order valence-corrected chi connectivity index (χ3v) is 6.27. The van der Waals surface area contributed by atoms with E-state index in [1.807, 2.05) is 48.5 Å². The smallest absolute Gasteiger partial charge is 0.176 e. The Bertz CT molecular complexity index is 730. The normalized spacial score (nSPS) is 12.5. The minimum Gasteiger partial charge on any atom is -0.497 e. The van der Waals surface area contributed by atoms with E-state index in [0.717, 1.165) is 29.2 Å². The number of methoxy groups -OCH3 is 1. The van der Waals surface area contributed by atoms with E-state index >= 15 is 0 Å². The number of rotatable bonds is 10. The molecule has 0 aliphatic heterocycles. The lowest BCUT2D eigenvalue weighted by molar-refractivity contribution is 0.0950. The predicted octanol–water partition coefficient (Wildman–Crippen LogP) is 7.01. The molecule has 0 aliphatic carbocycles. The van der Waals surface area contributed by atoms with Gasteiger partial charge in [0.1, 0.15) is 17.2 Å².